The van der Waals surface area contributed by atoms with Gasteiger partial charge in [0.1, 0.15) is 16.4 Å². The number of rotatable bonds is 7. The van der Waals surface area contributed by atoms with Crippen LogP contribution in [0.25, 0.3) is 11.3 Å². The second-order valence-corrected chi connectivity index (χ2v) is 7.76. The minimum absolute atomic E-state index is 0.00989. The fourth-order valence-electron chi connectivity index (χ4n) is 3.18. The fraction of sp³-hybridized carbons (Fsp3) is 0.304. The lowest BCUT2D eigenvalue weighted by Gasteiger charge is -2.21. The number of carbonyl (C=O) groups is 1. The molecule has 0 radical (unpaired) electrons. The Kier molecular flexibility index (Phi) is 6.35. The summed E-state index contributed by atoms with van der Waals surface area (Å²) in [5.74, 6) is 0.692. The number of hydrogen-bond acceptors (Lipinski definition) is 5. The van der Waals surface area contributed by atoms with Crippen molar-refractivity contribution in [3.8, 4) is 17.0 Å². The molecule has 2 aromatic carbocycles. The zero-order valence-corrected chi connectivity index (χ0v) is 18.0. The van der Waals surface area contributed by atoms with E-state index in [4.69, 9.17) is 4.74 Å². The molecule has 6 heteroatoms. The van der Waals surface area contributed by atoms with E-state index in [-0.39, 0.29) is 5.91 Å². The van der Waals surface area contributed by atoms with Crippen molar-refractivity contribution in [3.63, 3.8) is 0 Å². The summed E-state index contributed by atoms with van der Waals surface area (Å²) >= 11 is 1.39. The number of amides is 1. The minimum Gasteiger partial charge on any atom is -0.497 e. The third kappa shape index (κ3) is 4.33. The van der Waals surface area contributed by atoms with Crippen molar-refractivity contribution in [2.75, 3.05) is 20.2 Å². The van der Waals surface area contributed by atoms with Crippen molar-refractivity contribution < 1.29 is 14.6 Å². The maximum atomic E-state index is 12.7. The summed E-state index contributed by atoms with van der Waals surface area (Å²) in [6.07, 6.45) is 0. The molecule has 3 aromatic rings. The summed E-state index contributed by atoms with van der Waals surface area (Å²) in [6, 6.07) is 14.8. The van der Waals surface area contributed by atoms with Crippen LogP contribution in [0.1, 0.15) is 41.7 Å². The Morgan fingerprint density at radius 2 is 1.90 bits per heavy atom. The lowest BCUT2D eigenvalue weighted by atomic mass is 9.96. The van der Waals surface area contributed by atoms with Gasteiger partial charge in [0, 0.05) is 29.6 Å². The second kappa shape index (κ2) is 8.76. The average Bonchev–Trinajstić information content (AvgIpc) is 3.26. The molecule has 0 aliphatic heterocycles. The normalized spacial score (nSPS) is 13.0. The molecule has 0 bridgehead atoms. The van der Waals surface area contributed by atoms with Crippen molar-refractivity contribution in [3.05, 3.63) is 70.0 Å². The molecule has 0 fully saturated rings. The zero-order valence-electron chi connectivity index (χ0n) is 17.2. The number of hydrogen-bond donors (Lipinski definition) is 1. The SMILES string of the molecule is CCN(CC)C(=O)c1cccc(-c2csc(C(C)(O)c3cccc(OC)c3)n2)c1. The Bertz CT molecular complexity index is 993. The van der Waals surface area contributed by atoms with Gasteiger partial charge in [0.15, 0.2) is 0 Å². The second-order valence-electron chi connectivity index (χ2n) is 6.90. The van der Waals surface area contributed by atoms with Crippen molar-refractivity contribution in [1.82, 2.24) is 9.88 Å². The molecule has 0 aliphatic rings. The number of nitrogens with zero attached hydrogens (tertiary/aromatic N) is 2. The van der Waals surface area contributed by atoms with Gasteiger partial charge in [0.25, 0.3) is 5.91 Å². The lowest BCUT2D eigenvalue weighted by molar-refractivity contribution is 0.0773. The Morgan fingerprint density at radius 3 is 2.59 bits per heavy atom. The minimum atomic E-state index is -1.24. The van der Waals surface area contributed by atoms with Crippen LogP contribution in [0.4, 0.5) is 0 Å². The Hall–Kier alpha value is -2.70. The van der Waals surface area contributed by atoms with Gasteiger partial charge in [-0.2, -0.15) is 0 Å². The molecule has 1 amide bonds. The number of ether oxygens (including phenoxy) is 1. The van der Waals surface area contributed by atoms with Gasteiger partial charge < -0.3 is 14.7 Å². The molecule has 1 unspecified atom stereocenters. The summed E-state index contributed by atoms with van der Waals surface area (Å²) in [5, 5.41) is 13.6. The average molecular weight is 411 g/mol. The summed E-state index contributed by atoms with van der Waals surface area (Å²) in [7, 11) is 1.60. The highest BCUT2D eigenvalue weighted by molar-refractivity contribution is 7.10. The van der Waals surface area contributed by atoms with E-state index in [1.807, 2.05) is 67.8 Å². The fourth-order valence-corrected chi connectivity index (χ4v) is 4.09. The van der Waals surface area contributed by atoms with Crippen LogP contribution in [0.2, 0.25) is 0 Å². The quantitative estimate of drug-likeness (QED) is 0.620. The first-order chi connectivity index (χ1) is 13.9. The summed E-state index contributed by atoms with van der Waals surface area (Å²) < 4.78 is 5.27. The highest BCUT2D eigenvalue weighted by Crippen LogP contribution is 2.35. The van der Waals surface area contributed by atoms with Crippen LogP contribution in [0, 0.1) is 0 Å². The number of aliphatic hydroxyl groups is 1. The maximum Gasteiger partial charge on any atom is 0.253 e. The van der Waals surface area contributed by atoms with E-state index in [2.05, 4.69) is 4.98 Å². The highest BCUT2D eigenvalue weighted by atomic mass is 32.1. The molecule has 0 spiro atoms. The number of thiazole rings is 1. The highest BCUT2D eigenvalue weighted by Gasteiger charge is 2.30. The molecule has 152 valence electrons. The van der Waals surface area contributed by atoms with Gasteiger partial charge in [0.05, 0.1) is 12.8 Å². The van der Waals surface area contributed by atoms with E-state index in [0.29, 0.717) is 35.0 Å². The lowest BCUT2D eigenvalue weighted by Crippen LogP contribution is -2.30. The number of methoxy groups -OCH3 is 1. The molecule has 1 aromatic heterocycles. The third-order valence-corrected chi connectivity index (χ3v) is 6.06. The molecule has 0 aliphatic carbocycles. The van der Waals surface area contributed by atoms with Crippen LogP contribution in [-0.2, 0) is 5.60 Å². The van der Waals surface area contributed by atoms with E-state index in [1.165, 1.54) is 11.3 Å². The molecule has 0 saturated carbocycles. The predicted molar refractivity (Wildman–Crippen MR) is 116 cm³/mol. The number of aromatic nitrogens is 1. The van der Waals surface area contributed by atoms with E-state index >= 15 is 0 Å². The van der Waals surface area contributed by atoms with Crippen molar-refractivity contribution in [2.45, 2.75) is 26.4 Å². The van der Waals surface area contributed by atoms with Gasteiger partial charge in [-0.25, -0.2) is 4.98 Å². The Morgan fingerprint density at radius 1 is 1.17 bits per heavy atom. The monoisotopic (exact) mass is 410 g/mol. The van der Waals surface area contributed by atoms with Crippen LogP contribution in [0.5, 0.6) is 5.75 Å². The number of benzene rings is 2. The van der Waals surface area contributed by atoms with Crippen molar-refractivity contribution >= 4 is 17.2 Å². The van der Waals surface area contributed by atoms with Crippen LogP contribution < -0.4 is 4.74 Å². The van der Waals surface area contributed by atoms with Gasteiger partial charge in [-0.15, -0.1) is 11.3 Å². The zero-order chi connectivity index (χ0) is 21.0. The molecule has 5 nitrogen and oxygen atoms in total. The Labute approximate surface area is 175 Å². The molecular formula is C23H26N2O3S. The van der Waals surface area contributed by atoms with E-state index in [0.717, 1.165) is 11.3 Å². The van der Waals surface area contributed by atoms with Crippen LogP contribution in [-0.4, -0.2) is 41.1 Å². The van der Waals surface area contributed by atoms with E-state index in [9.17, 15) is 9.90 Å². The first-order valence-corrected chi connectivity index (χ1v) is 10.5. The largest absolute Gasteiger partial charge is 0.497 e. The molecule has 3 rings (SSSR count). The van der Waals surface area contributed by atoms with Gasteiger partial charge in [0.2, 0.25) is 0 Å². The summed E-state index contributed by atoms with van der Waals surface area (Å²) in [6.45, 7) is 7.01. The standard InChI is InChI=1S/C23H26N2O3S/c1-5-25(6-2)21(26)17-10-7-9-16(13-17)20-15-29-22(24-20)23(3,27)18-11-8-12-19(14-18)28-4/h7-15,27H,5-6H2,1-4H3. The van der Waals surface area contributed by atoms with Crippen LogP contribution in [0.15, 0.2) is 53.9 Å². The van der Waals surface area contributed by atoms with Crippen molar-refractivity contribution in [1.29, 1.82) is 0 Å². The molecule has 29 heavy (non-hydrogen) atoms. The predicted octanol–water partition coefficient (Wildman–Crippen LogP) is 4.56. The summed E-state index contributed by atoms with van der Waals surface area (Å²) in [4.78, 5) is 19.1. The van der Waals surface area contributed by atoms with E-state index in [1.54, 1.807) is 18.9 Å². The molecule has 1 heterocycles. The molecule has 1 atom stereocenters. The van der Waals surface area contributed by atoms with Gasteiger partial charge in [-0.1, -0.05) is 24.3 Å². The van der Waals surface area contributed by atoms with Gasteiger partial charge in [-0.05, 0) is 50.6 Å². The van der Waals surface area contributed by atoms with Gasteiger partial charge in [-0.3, -0.25) is 4.79 Å². The third-order valence-electron chi connectivity index (χ3n) is 5.01. The molecule has 1 N–H and O–H groups in total. The summed E-state index contributed by atoms with van der Waals surface area (Å²) in [5.41, 5.74) is 1.70. The van der Waals surface area contributed by atoms with E-state index < -0.39 is 5.60 Å². The van der Waals surface area contributed by atoms with Gasteiger partial charge >= 0.3 is 0 Å². The Balaban J connectivity index is 1.92. The first-order valence-electron chi connectivity index (χ1n) is 9.63. The maximum absolute atomic E-state index is 12.7. The smallest absolute Gasteiger partial charge is 0.253 e. The van der Waals surface area contributed by atoms with Crippen LogP contribution >= 0.6 is 11.3 Å². The van der Waals surface area contributed by atoms with Crippen LogP contribution in [0.3, 0.4) is 0 Å². The van der Waals surface area contributed by atoms with Crippen molar-refractivity contribution in [2.24, 2.45) is 0 Å². The number of carbonyl (C=O) groups excluding carboxylic acids is 1. The first kappa shape index (κ1) is 21.0. The molecular weight excluding hydrogens is 384 g/mol. The molecule has 0 saturated heterocycles. The topological polar surface area (TPSA) is 62.7 Å².